The van der Waals surface area contributed by atoms with Crippen molar-refractivity contribution in [2.45, 2.75) is 106 Å². The van der Waals surface area contributed by atoms with Crippen LogP contribution in [0.1, 0.15) is 81.3 Å². The lowest BCUT2D eigenvalue weighted by atomic mass is 9.72. The normalized spacial score (nSPS) is 32.1. The predicted octanol–water partition coefficient (Wildman–Crippen LogP) is 0.120. The van der Waals surface area contributed by atoms with Crippen molar-refractivity contribution in [3.8, 4) is 17.2 Å². The van der Waals surface area contributed by atoms with Crippen molar-refractivity contribution < 1.29 is 83.4 Å². The van der Waals surface area contributed by atoms with Gasteiger partial charge in [0.1, 0.15) is 41.6 Å². The largest absolute Gasteiger partial charge is 0.507 e. The topological polar surface area (TPSA) is 290 Å². The van der Waals surface area contributed by atoms with Gasteiger partial charge in [0.05, 0.1) is 48.7 Å². The van der Waals surface area contributed by atoms with Crippen molar-refractivity contribution in [3.63, 3.8) is 0 Å². The van der Waals surface area contributed by atoms with Crippen LogP contribution >= 0.6 is 0 Å². The minimum Gasteiger partial charge on any atom is -0.507 e. The number of fused-ring (bicyclic) bond motifs is 5. The number of hydrogen-bond donors (Lipinski definition) is 8. The van der Waals surface area contributed by atoms with Crippen LogP contribution in [-0.4, -0.2) is 137 Å². The smallest absolute Gasteiger partial charge is 0.344 e. The number of ketones is 3. The number of aliphatic hydroxyl groups excluding tert-OH is 2. The summed E-state index contributed by atoms with van der Waals surface area (Å²) in [4.78, 5) is 67.5. The van der Waals surface area contributed by atoms with Gasteiger partial charge in [0.15, 0.2) is 24.0 Å². The fourth-order valence-corrected chi connectivity index (χ4v) is 9.76. The highest BCUT2D eigenvalue weighted by atomic mass is 16.7. The van der Waals surface area contributed by atoms with Crippen LogP contribution in [0.15, 0.2) is 48.7 Å². The first-order valence-electron chi connectivity index (χ1n) is 20.2. The Morgan fingerprint density at radius 3 is 2.43 bits per heavy atom. The predicted molar refractivity (Wildman–Crippen MR) is 212 cm³/mol. The van der Waals surface area contributed by atoms with E-state index < -0.39 is 131 Å². The summed E-state index contributed by atoms with van der Waals surface area (Å²) in [5.74, 6) is -8.02. The molecule has 3 fully saturated rings. The Balaban J connectivity index is 0.980. The lowest BCUT2D eigenvalue weighted by Gasteiger charge is -2.42. The van der Waals surface area contributed by atoms with E-state index in [0.717, 1.165) is 6.92 Å². The molecule has 5 aliphatic rings. The van der Waals surface area contributed by atoms with E-state index in [1.54, 1.807) is 24.3 Å². The second-order valence-electron chi connectivity index (χ2n) is 16.9. The summed E-state index contributed by atoms with van der Waals surface area (Å²) in [6, 6.07) is 10.1. The van der Waals surface area contributed by atoms with Gasteiger partial charge in [0.2, 0.25) is 23.1 Å². The highest BCUT2D eigenvalue weighted by molar-refractivity contribution is 6.31. The van der Waals surface area contributed by atoms with E-state index in [4.69, 9.17) is 23.7 Å². The molecular weight excluding hydrogens is 828 g/mol. The Hall–Kier alpha value is -5.77. The van der Waals surface area contributed by atoms with Gasteiger partial charge in [-0.15, -0.1) is 0 Å². The fourth-order valence-electron chi connectivity index (χ4n) is 9.76. The van der Waals surface area contributed by atoms with Gasteiger partial charge in [-0.3, -0.25) is 19.2 Å². The number of aliphatic hydroxyl groups is 5. The van der Waals surface area contributed by atoms with Crippen molar-refractivity contribution in [2.24, 2.45) is 0 Å². The molecule has 1 aromatic heterocycles. The van der Waals surface area contributed by atoms with Crippen molar-refractivity contribution in [1.82, 2.24) is 9.88 Å². The van der Waals surface area contributed by atoms with Gasteiger partial charge in [0, 0.05) is 59.5 Å². The van der Waals surface area contributed by atoms with Crippen molar-refractivity contribution in [3.05, 3.63) is 87.6 Å². The van der Waals surface area contributed by atoms with E-state index in [-0.39, 0.29) is 47.6 Å². The second kappa shape index (κ2) is 14.9. The molecule has 0 bridgehead atoms. The third-order valence-corrected chi connectivity index (χ3v) is 13.1. The highest BCUT2D eigenvalue weighted by Gasteiger charge is 2.73. The van der Waals surface area contributed by atoms with Crippen LogP contribution in [0, 0.1) is 0 Å². The van der Waals surface area contributed by atoms with E-state index in [0.29, 0.717) is 16.5 Å². The van der Waals surface area contributed by atoms with Gasteiger partial charge in [-0.2, -0.15) is 0 Å². The summed E-state index contributed by atoms with van der Waals surface area (Å²) in [6.07, 6.45) is -8.05. The van der Waals surface area contributed by atoms with Crippen LogP contribution in [-0.2, 0) is 52.7 Å². The molecule has 63 heavy (non-hydrogen) atoms. The number of hydrogen-bond acceptors (Lipinski definition) is 17. The molecule has 332 valence electrons. The molecule has 10 atom stereocenters. The van der Waals surface area contributed by atoms with E-state index in [1.807, 2.05) is 0 Å². The number of aromatic hydroxyl groups is 2. The molecule has 19 nitrogen and oxygen atoms in total. The van der Waals surface area contributed by atoms with Crippen LogP contribution in [0.4, 0.5) is 0 Å². The van der Waals surface area contributed by atoms with Crippen LogP contribution in [0.25, 0.3) is 10.9 Å². The molecule has 0 saturated carbocycles. The monoisotopic (exact) mass is 872 g/mol. The minimum absolute atomic E-state index is 0.0565. The number of ether oxygens (including phenoxy) is 5. The number of para-hydroxylation sites is 1. The number of Topliss-reactive ketones (excluding diaryl/α,β-unsaturated/α-hetero) is 1. The van der Waals surface area contributed by atoms with Gasteiger partial charge in [-0.1, -0.05) is 30.3 Å². The van der Waals surface area contributed by atoms with Gasteiger partial charge >= 0.3 is 5.97 Å². The number of phenols is 2. The molecule has 4 heterocycles. The van der Waals surface area contributed by atoms with Crippen LogP contribution < -0.4 is 10.1 Å². The first-order chi connectivity index (χ1) is 29.8. The Kier molecular flexibility index (Phi) is 10.1. The number of esters is 1. The van der Waals surface area contributed by atoms with Crippen molar-refractivity contribution in [2.75, 3.05) is 13.7 Å². The standard InChI is InChI=1S/C44H44N2O17/c1-18-35(50)24(45-29(49)16-46-15-20(21-7-4-5-9-25(21)46)12-43(57)41(55)63-40-26(48)17-60-44(40,43)58)11-30(61-18)62-28-14-42(56,19(2)47)13-23-32(28)39(54)34-33(37(23)52)36(51)22-8-6-10-27(59-3)31(22)38(34)53/h4-10,15,18,24,26,28,30,35,40,48,50,52,54,56-58H,11-14,16-17H2,1-3H3,(H,45,49)/t18-,24-,26-,28-,30-,35+,40-,42-,43+,44-/m0/s1. The summed E-state index contributed by atoms with van der Waals surface area (Å²) in [7, 11) is 1.31. The first-order valence-corrected chi connectivity index (χ1v) is 20.2. The average Bonchev–Trinajstić information content (AvgIpc) is 3.80. The number of amides is 1. The molecule has 3 aromatic carbocycles. The summed E-state index contributed by atoms with van der Waals surface area (Å²) < 4.78 is 29.6. The lowest BCUT2D eigenvalue weighted by molar-refractivity contribution is -0.262. The van der Waals surface area contributed by atoms with Gasteiger partial charge < -0.3 is 69.3 Å². The molecule has 4 aromatic rings. The quantitative estimate of drug-likeness (QED) is 0.0721. The number of carbonyl (C=O) groups is 5. The summed E-state index contributed by atoms with van der Waals surface area (Å²) in [6.45, 7) is 1.93. The Morgan fingerprint density at radius 2 is 1.70 bits per heavy atom. The zero-order valence-corrected chi connectivity index (χ0v) is 34.1. The van der Waals surface area contributed by atoms with Gasteiger partial charge in [-0.05, 0) is 31.5 Å². The van der Waals surface area contributed by atoms with E-state index in [1.165, 1.54) is 43.0 Å². The number of aromatic nitrogens is 1. The molecule has 8 N–H and O–H groups in total. The molecular formula is C44H44N2O17. The number of carbonyl (C=O) groups excluding carboxylic acids is 5. The van der Waals surface area contributed by atoms with Crippen LogP contribution in [0.5, 0.6) is 17.2 Å². The number of benzene rings is 3. The van der Waals surface area contributed by atoms with E-state index in [2.05, 4.69) is 5.32 Å². The SMILES string of the molecule is COc1cccc2c1C(=O)c1c(O)c3c(c(O)c1C2=O)C[C@@](O)(C(C)=O)C[C@@H]3O[C@H]1C[C@H](NC(=O)Cn2cc(C[C@@]3(O)C(=O)O[C@H]4[C@@H](O)CO[C@@]43O)c3ccccc32)[C@H](O)[C@H](C)O1. The van der Waals surface area contributed by atoms with Crippen LogP contribution in [0.3, 0.4) is 0 Å². The van der Waals surface area contributed by atoms with Crippen molar-refractivity contribution >= 4 is 40.1 Å². The van der Waals surface area contributed by atoms with E-state index in [9.17, 15) is 59.7 Å². The summed E-state index contributed by atoms with van der Waals surface area (Å²) in [5.41, 5.74) is -5.50. The van der Waals surface area contributed by atoms with Crippen LogP contribution in [0.2, 0.25) is 0 Å². The Bertz CT molecular complexity index is 2640. The number of phenolic OH excluding ortho intramolecular Hbond substituents is 2. The zero-order chi connectivity index (χ0) is 45.1. The van der Waals surface area contributed by atoms with Gasteiger partial charge in [-0.25, -0.2) is 4.79 Å². The maximum Gasteiger partial charge on any atom is 0.344 e. The molecule has 19 heteroatoms. The number of rotatable bonds is 9. The fraction of sp³-hybridized carbons (Fsp3) is 0.432. The highest BCUT2D eigenvalue weighted by Crippen LogP contribution is 2.53. The molecule has 2 aliphatic carbocycles. The average molecular weight is 873 g/mol. The molecule has 0 spiro atoms. The number of methoxy groups -OCH3 is 1. The third kappa shape index (κ3) is 6.36. The molecule has 3 aliphatic heterocycles. The number of nitrogens with one attached hydrogen (secondary N) is 1. The molecule has 0 radical (unpaired) electrons. The Morgan fingerprint density at radius 1 is 0.968 bits per heavy atom. The molecule has 3 saturated heterocycles. The molecule has 0 unspecified atom stereocenters. The summed E-state index contributed by atoms with van der Waals surface area (Å²) >= 11 is 0. The lowest BCUT2D eigenvalue weighted by Crippen LogP contribution is -2.59. The second-order valence-corrected chi connectivity index (χ2v) is 16.9. The van der Waals surface area contributed by atoms with Gasteiger partial charge in [0.25, 0.3) is 0 Å². The molecule has 1 amide bonds. The molecule has 9 rings (SSSR count). The maximum atomic E-state index is 14.0. The third-order valence-electron chi connectivity index (χ3n) is 13.1. The summed E-state index contributed by atoms with van der Waals surface area (Å²) in [5, 5.41) is 82.6. The van der Waals surface area contributed by atoms with Crippen molar-refractivity contribution in [1.29, 1.82) is 0 Å². The maximum absolute atomic E-state index is 14.0. The first kappa shape index (κ1) is 42.5. The minimum atomic E-state index is -2.59. The number of nitrogens with zero attached hydrogens (tertiary/aromatic N) is 1. The Labute approximate surface area is 357 Å². The van der Waals surface area contributed by atoms with E-state index >= 15 is 0 Å². The zero-order valence-electron chi connectivity index (χ0n) is 34.1.